The smallest absolute Gasteiger partial charge is 0.0406 e. The van der Waals surface area contributed by atoms with E-state index in [1.54, 1.807) is 0 Å². The van der Waals surface area contributed by atoms with Crippen molar-refractivity contribution in [1.29, 1.82) is 0 Å². The molecule has 0 amide bonds. The monoisotopic (exact) mass is 299 g/mol. The first-order valence-corrected chi connectivity index (χ1v) is 8.70. The molecule has 3 heteroatoms. The van der Waals surface area contributed by atoms with Crippen molar-refractivity contribution in [2.75, 3.05) is 18.1 Å². The van der Waals surface area contributed by atoms with Crippen LogP contribution in [-0.2, 0) is 6.42 Å². The number of thioether (sulfide) groups is 1. The molecule has 108 valence electrons. The van der Waals surface area contributed by atoms with Crippen LogP contribution in [0.3, 0.4) is 0 Å². The van der Waals surface area contributed by atoms with Gasteiger partial charge in [0.25, 0.3) is 0 Å². The second-order valence-electron chi connectivity index (χ2n) is 5.41. The lowest BCUT2D eigenvalue weighted by molar-refractivity contribution is 0.549. The van der Waals surface area contributed by atoms with Gasteiger partial charge in [-0.25, -0.2) is 0 Å². The highest BCUT2D eigenvalue weighted by Crippen LogP contribution is 2.14. The number of benzene rings is 1. The number of nitrogens with one attached hydrogen (secondary N) is 1. The molecule has 1 unspecified atom stereocenters. The summed E-state index contributed by atoms with van der Waals surface area (Å²) in [6.07, 6.45) is 2.27. The van der Waals surface area contributed by atoms with Gasteiger partial charge in [-0.2, -0.15) is 11.8 Å². The van der Waals surface area contributed by atoms with Gasteiger partial charge in [-0.15, -0.1) is 0 Å². The molecule has 1 atom stereocenters. The van der Waals surface area contributed by atoms with Crippen LogP contribution in [-0.4, -0.2) is 24.1 Å². The van der Waals surface area contributed by atoms with E-state index in [1.807, 2.05) is 12.1 Å². The Bertz CT molecular complexity index is 337. The molecule has 0 aliphatic carbocycles. The molecule has 0 radical (unpaired) electrons. The predicted octanol–water partition coefficient (Wildman–Crippen LogP) is 4.64. The molecular formula is C16H26ClNS. The zero-order valence-electron chi connectivity index (χ0n) is 12.3. The van der Waals surface area contributed by atoms with Crippen molar-refractivity contribution < 1.29 is 0 Å². The molecule has 0 saturated carbocycles. The van der Waals surface area contributed by atoms with E-state index >= 15 is 0 Å². The first kappa shape index (κ1) is 16.9. The Morgan fingerprint density at radius 1 is 1.16 bits per heavy atom. The van der Waals surface area contributed by atoms with Crippen LogP contribution in [0.15, 0.2) is 24.3 Å². The minimum atomic E-state index is 0.560. The summed E-state index contributed by atoms with van der Waals surface area (Å²) in [6.45, 7) is 7.87. The van der Waals surface area contributed by atoms with Crippen molar-refractivity contribution in [1.82, 2.24) is 5.32 Å². The molecular weight excluding hydrogens is 274 g/mol. The summed E-state index contributed by atoms with van der Waals surface area (Å²) < 4.78 is 0. The average Bonchev–Trinajstić information content (AvgIpc) is 2.38. The molecule has 1 aromatic rings. The largest absolute Gasteiger partial charge is 0.313 e. The maximum atomic E-state index is 5.93. The normalized spacial score (nSPS) is 12.9. The van der Waals surface area contributed by atoms with Crippen LogP contribution >= 0.6 is 23.4 Å². The molecule has 19 heavy (non-hydrogen) atoms. The van der Waals surface area contributed by atoms with E-state index in [-0.39, 0.29) is 0 Å². The molecule has 0 aliphatic rings. The summed E-state index contributed by atoms with van der Waals surface area (Å²) in [5.41, 5.74) is 1.36. The molecule has 0 spiro atoms. The lowest BCUT2D eigenvalue weighted by atomic mass is 10.1. The Hall–Kier alpha value is -0.180. The number of rotatable bonds is 9. The van der Waals surface area contributed by atoms with Gasteiger partial charge in [-0.3, -0.25) is 0 Å². The fourth-order valence-electron chi connectivity index (χ4n) is 1.89. The topological polar surface area (TPSA) is 12.0 Å². The first-order valence-electron chi connectivity index (χ1n) is 7.17. The lowest BCUT2D eigenvalue weighted by Crippen LogP contribution is -2.34. The predicted molar refractivity (Wildman–Crippen MR) is 89.4 cm³/mol. The van der Waals surface area contributed by atoms with E-state index in [1.165, 1.54) is 23.5 Å². The van der Waals surface area contributed by atoms with E-state index < -0.39 is 0 Å². The van der Waals surface area contributed by atoms with E-state index in [0.717, 1.165) is 23.9 Å². The molecule has 0 saturated heterocycles. The Kier molecular flexibility index (Phi) is 8.60. The van der Waals surface area contributed by atoms with Crippen molar-refractivity contribution in [3.8, 4) is 0 Å². The minimum absolute atomic E-state index is 0.560. The minimum Gasteiger partial charge on any atom is -0.313 e. The van der Waals surface area contributed by atoms with Crippen molar-refractivity contribution in [3.63, 3.8) is 0 Å². The van der Waals surface area contributed by atoms with Gasteiger partial charge in [-0.05, 0) is 48.8 Å². The second kappa shape index (κ2) is 9.68. The van der Waals surface area contributed by atoms with Gasteiger partial charge in [0, 0.05) is 16.8 Å². The van der Waals surface area contributed by atoms with Crippen molar-refractivity contribution in [2.45, 2.75) is 39.7 Å². The maximum Gasteiger partial charge on any atom is 0.0406 e. The highest BCUT2D eigenvalue weighted by Gasteiger charge is 2.09. The van der Waals surface area contributed by atoms with Crippen molar-refractivity contribution >= 4 is 23.4 Å². The third-order valence-electron chi connectivity index (χ3n) is 2.85. The maximum absolute atomic E-state index is 5.93. The van der Waals surface area contributed by atoms with Crippen molar-refractivity contribution in [3.05, 3.63) is 34.9 Å². The fourth-order valence-corrected chi connectivity index (χ4v) is 3.14. The molecule has 1 nitrogen and oxygen atoms in total. The van der Waals surface area contributed by atoms with Crippen molar-refractivity contribution in [2.24, 2.45) is 5.92 Å². The highest BCUT2D eigenvalue weighted by molar-refractivity contribution is 7.99. The zero-order chi connectivity index (χ0) is 14.1. The van der Waals surface area contributed by atoms with Gasteiger partial charge in [-0.1, -0.05) is 44.5 Å². The van der Waals surface area contributed by atoms with Gasteiger partial charge in [0.1, 0.15) is 0 Å². The molecule has 0 aromatic heterocycles. The Labute approximate surface area is 127 Å². The SMILES string of the molecule is CCCNC(CSCC(C)C)Cc1ccc(Cl)cc1. The number of hydrogen-bond donors (Lipinski definition) is 1. The molecule has 0 fully saturated rings. The fraction of sp³-hybridized carbons (Fsp3) is 0.625. The second-order valence-corrected chi connectivity index (χ2v) is 6.92. The van der Waals surface area contributed by atoms with E-state index in [4.69, 9.17) is 11.6 Å². The number of hydrogen-bond acceptors (Lipinski definition) is 2. The third kappa shape index (κ3) is 7.86. The van der Waals surface area contributed by atoms with Crippen LogP contribution in [0, 0.1) is 5.92 Å². The summed E-state index contributed by atoms with van der Waals surface area (Å²) >= 11 is 7.98. The number of halogens is 1. The summed E-state index contributed by atoms with van der Waals surface area (Å²) in [7, 11) is 0. The summed E-state index contributed by atoms with van der Waals surface area (Å²) in [5.74, 6) is 3.19. The quantitative estimate of drug-likeness (QED) is 0.713. The van der Waals surface area contributed by atoms with Gasteiger partial charge < -0.3 is 5.32 Å². The molecule has 1 aromatic carbocycles. The van der Waals surface area contributed by atoms with Crippen LogP contribution in [0.4, 0.5) is 0 Å². The van der Waals surface area contributed by atoms with Gasteiger partial charge in [0.05, 0.1) is 0 Å². The molecule has 1 N–H and O–H groups in total. The van der Waals surface area contributed by atoms with Crippen LogP contribution < -0.4 is 5.32 Å². The van der Waals surface area contributed by atoms with E-state index in [2.05, 4.69) is 50.0 Å². The van der Waals surface area contributed by atoms with Crippen LogP contribution in [0.2, 0.25) is 5.02 Å². The molecule has 1 rings (SSSR count). The first-order chi connectivity index (χ1) is 9.11. The molecule has 0 bridgehead atoms. The zero-order valence-corrected chi connectivity index (χ0v) is 13.9. The average molecular weight is 300 g/mol. The van der Waals surface area contributed by atoms with Crippen LogP contribution in [0.1, 0.15) is 32.8 Å². The van der Waals surface area contributed by atoms with Crippen LogP contribution in [0.25, 0.3) is 0 Å². The van der Waals surface area contributed by atoms with Gasteiger partial charge in [0.15, 0.2) is 0 Å². The summed E-state index contributed by atoms with van der Waals surface area (Å²) in [4.78, 5) is 0. The van der Waals surface area contributed by atoms with Crippen LogP contribution in [0.5, 0.6) is 0 Å². The lowest BCUT2D eigenvalue weighted by Gasteiger charge is -2.19. The Balaban J connectivity index is 2.45. The summed E-state index contributed by atoms with van der Waals surface area (Å²) in [5, 5.41) is 4.47. The van der Waals surface area contributed by atoms with Gasteiger partial charge >= 0.3 is 0 Å². The Morgan fingerprint density at radius 2 is 1.84 bits per heavy atom. The van der Waals surface area contributed by atoms with E-state index in [0.29, 0.717) is 6.04 Å². The molecule has 0 heterocycles. The highest BCUT2D eigenvalue weighted by atomic mass is 35.5. The standard InChI is InChI=1S/C16H26ClNS/c1-4-9-18-16(12-19-11-13(2)3)10-14-5-7-15(17)8-6-14/h5-8,13,16,18H,4,9-12H2,1-3H3. The molecule has 0 aliphatic heterocycles. The Morgan fingerprint density at radius 3 is 2.42 bits per heavy atom. The van der Waals surface area contributed by atoms with Gasteiger partial charge in [0.2, 0.25) is 0 Å². The third-order valence-corrected chi connectivity index (χ3v) is 4.64. The summed E-state index contributed by atoms with van der Waals surface area (Å²) in [6, 6.07) is 8.79. The van der Waals surface area contributed by atoms with E-state index in [9.17, 15) is 0 Å².